The summed E-state index contributed by atoms with van der Waals surface area (Å²) in [6.45, 7) is 5.86. The number of aromatic nitrogens is 2. The standard InChI is InChI=1S/C16H17BrN4/c1-10-13-3-4-14(20-16(13)19-11(2)15(10)17)21-7-5-12(9-18)6-8-21/h3-4,12H,5-8H2,1-2H3. The topological polar surface area (TPSA) is 52.8 Å². The number of piperidine rings is 1. The van der Waals surface area contributed by atoms with Gasteiger partial charge in [0, 0.05) is 28.9 Å². The molecule has 2 aromatic heterocycles. The normalized spacial score (nSPS) is 16.2. The van der Waals surface area contributed by atoms with E-state index >= 15 is 0 Å². The third kappa shape index (κ3) is 2.60. The van der Waals surface area contributed by atoms with Crippen molar-refractivity contribution in [3.63, 3.8) is 0 Å². The second kappa shape index (κ2) is 5.61. The van der Waals surface area contributed by atoms with Crippen molar-refractivity contribution in [2.24, 2.45) is 5.92 Å². The third-order valence-electron chi connectivity index (χ3n) is 4.19. The summed E-state index contributed by atoms with van der Waals surface area (Å²) in [7, 11) is 0. The smallest absolute Gasteiger partial charge is 0.162 e. The van der Waals surface area contributed by atoms with Crippen molar-refractivity contribution in [1.29, 1.82) is 5.26 Å². The fourth-order valence-corrected chi connectivity index (χ4v) is 3.13. The Bertz CT molecular complexity index is 727. The van der Waals surface area contributed by atoms with Gasteiger partial charge < -0.3 is 4.90 Å². The van der Waals surface area contributed by atoms with E-state index in [0.29, 0.717) is 0 Å². The maximum Gasteiger partial charge on any atom is 0.162 e. The molecule has 108 valence electrons. The van der Waals surface area contributed by atoms with Crippen LogP contribution in [0.25, 0.3) is 11.0 Å². The van der Waals surface area contributed by atoms with Gasteiger partial charge in [0.1, 0.15) is 5.82 Å². The number of hydrogen-bond acceptors (Lipinski definition) is 4. The molecule has 0 unspecified atom stereocenters. The molecular weight excluding hydrogens is 328 g/mol. The molecule has 21 heavy (non-hydrogen) atoms. The summed E-state index contributed by atoms with van der Waals surface area (Å²) >= 11 is 3.58. The second-order valence-corrected chi connectivity index (χ2v) is 6.36. The van der Waals surface area contributed by atoms with E-state index in [1.165, 1.54) is 5.56 Å². The molecule has 1 aliphatic rings. The zero-order valence-corrected chi connectivity index (χ0v) is 13.8. The molecule has 5 heteroatoms. The molecule has 3 rings (SSSR count). The van der Waals surface area contributed by atoms with Gasteiger partial charge in [-0.05, 0) is 60.3 Å². The average Bonchev–Trinajstić information content (AvgIpc) is 2.52. The number of pyridine rings is 2. The van der Waals surface area contributed by atoms with Gasteiger partial charge in [-0.2, -0.15) is 5.26 Å². The minimum Gasteiger partial charge on any atom is -0.356 e. The lowest BCUT2D eigenvalue weighted by Gasteiger charge is -2.30. The van der Waals surface area contributed by atoms with Crippen LogP contribution in [0, 0.1) is 31.1 Å². The number of nitrogens with zero attached hydrogens (tertiary/aromatic N) is 4. The number of halogens is 1. The molecule has 1 saturated heterocycles. The number of rotatable bonds is 1. The van der Waals surface area contributed by atoms with E-state index < -0.39 is 0 Å². The predicted octanol–water partition coefficient (Wildman–Crippen LogP) is 3.75. The van der Waals surface area contributed by atoms with Crippen LogP contribution in [-0.2, 0) is 0 Å². The first kappa shape index (κ1) is 14.3. The fourth-order valence-electron chi connectivity index (χ4n) is 2.83. The van der Waals surface area contributed by atoms with Crippen molar-refractivity contribution < 1.29 is 0 Å². The van der Waals surface area contributed by atoms with Gasteiger partial charge in [-0.3, -0.25) is 0 Å². The predicted molar refractivity (Wildman–Crippen MR) is 87.3 cm³/mol. The molecule has 4 nitrogen and oxygen atoms in total. The maximum atomic E-state index is 8.98. The molecule has 0 amide bonds. The Morgan fingerprint density at radius 3 is 2.62 bits per heavy atom. The molecule has 2 aromatic rings. The fraction of sp³-hybridized carbons (Fsp3) is 0.438. The zero-order chi connectivity index (χ0) is 15.0. The molecule has 0 aliphatic carbocycles. The van der Waals surface area contributed by atoms with E-state index in [0.717, 1.165) is 52.9 Å². The maximum absolute atomic E-state index is 8.98. The van der Waals surface area contributed by atoms with Gasteiger partial charge in [-0.25, -0.2) is 9.97 Å². The van der Waals surface area contributed by atoms with Crippen LogP contribution in [-0.4, -0.2) is 23.1 Å². The van der Waals surface area contributed by atoms with Gasteiger partial charge in [-0.1, -0.05) is 0 Å². The number of hydrogen-bond donors (Lipinski definition) is 0. The molecule has 1 fully saturated rings. The molecule has 0 spiro atoms. The van der Waals surface area contributed by atoms with Crippen molar-refractivity contribution in [2.45, 2.75) is 26.7 Å². The summed E-state index contributed by atoms with van der Waals surface area (Å²) in [5.74, 6) is 1.16. The van der Waals surface area contributed by atoms with E-state index in [2.05, 4.69) is 50.9 Å². The van der Waals surface area contributed by atoms with Gasteiger partial charge in [0.25, 0.3) is 0 Å². The highest BCUT2D eigenvalue weighted by atomic mass is 79.9. The molecule has 1 aliphatic heterocycles. The minimum atomic E-state index is 0.195. The van der Waals surface area contributed by atoms with Crippen molar-refractivity contribution in [2.75, 3.05) is 18.0 Å². The van der Waals surface area contributed by atoms with Crippen LogP contribution in [0.1, 0.15) is 24.1 Å². The van der Waals surface area contributed by atoms with Crippen LogP contribution in [0.15, 0.2) is 16.6 Å². The minimum absolute atomic E-state index is 0.195. The first-order valence-corrected chi connectivity index (χ1v) is 7.97. The lowest BCUT2D eigenvalue weighted by atomic mass is 9.98. The molecule has 0 bridgehead atoms. The first-order chi connectivity index (χ1) is 10.1. The summed E-state index contributed by atoms with van der Waals surface area (Å²) in [6.07, 6.45) is 1.84. The van der Waals surface area contributed by atoms with Crippen molar-refractivity contribution >= 4 is 32.8 Å². The molecule has 0 saturated carbocycles. The summed E-state index contributed by atoms with van der Waals surface area (Å²) in [4.78, 5) is 11.6. The number of aryl methyl sites for hydroxylation is 2. The molecule has 0 atom stereocenters. The molecule has 0 N–H and O–H groups in total. The summed E-state index contributed by atoms with van der Waals surface area (Å²) < 4.78 is 1.05. The number of nitriles is 1. The van der Waals surface area contributed by atoms with Gasteiger partial charge in [0.15, 0.2) is 5.65 Å². The Balaban J connectivity index is 1.95. The van der Waals surface area contributed by atoms with Gasteiger partial charge >= 0.3 is 0 Å². The lowest BCUT2D eigenvalue weighted by molar-refractivity contribution is 0.485. The van der Waals surface area contributed by atoms with Gasteiger partial charge in [0.2, 0.25) is 0 Å². The Hall–Kier alpha value is -1.67. The average molecular weight is 345 g/mol. The van der Waals surface area contributed by atoms with Gasteiger partial charge in [0.05, 0.1) is 11.8 Å². The number of anilines is 1. The van der Waals surface area contributed by atoms with Crippen molar-refractivity contribution in [3.05, 3.63) is 27.9 Å². The van der Waals surface area contributed by atoms with Crippen LogP contribution >= 0.6 is 15.9 Å². The summed E-state index contributed by atoms with van der Waals surface area (Å²) in [6, 6.07) is 6.52. The SMILES string of the molecule is Cc1nc2nc(N3CCC(C#N)CC3)ccc2c(C)c1Br. The molecule has 0 aromatic carbocycles. The monoisotopic (exact) mass is 344 g/mol. The quantitative estimate of drug-likeness (QED) is 0.790. The molecular formula is C16H17BrN4. The highest BCUT2D eigenvalue weighted by Crippen LogP contribution is 2.28. The molecule has 0 radical (unpaired) electrons. The zero-order valence-electron chi connectivity index (χ0n) is 12.2. The van der Waals surface area contributed by atoms with E-state index in [1.54, 1.807) is 0 Å². The highest BCUT2D eigenvalue weighted by molar-refractivity contribution is 9.10. The largest absolute Gasteiger partial charge is 0.356 e. The Labute approximate surface area is 132 Å². The van der Waals surface area contributed by atoms with Crippen LogP contribution in [0.5, 0.6) is 0 Å². The highest BCUT2D eigenvalue weighted by Gasteiger charge is 2.20. The van der Waals surface area contributed by atoms with Crippen molar-refractivity contribution in [3.8, 4) is 6.07 Å². The van der Waals surface area contributed by atoms with Crippen molar-refractivity contribution in [1.82, 2.24) is 9.97 Å². The summed E-state index contributed by atoms with van der Waals surface area (Å²) in [5, 5.41) is 10.1. The molecule has 3 heterocycles. The van der Waals surface area contributed by atoms with Crippen LogP contribution < -0.4 is 4.90 Å². The van der Waals surface area contributed by atoms with E-state index in [4.69, 9.17) is 10.2 Å². The van der Waals surface area contributed by atoms with E-state index in [-0.39, 0.29) is 5.92 Å². The van der Waals surface area contributed by atoms with Gasteiger partial charge in [-0.15, -0.1) is 0 Å². The van der Waals surface area contributed by atoms with Crippen LogP contribution in [0.2, 0.25) is 0 Å². The van der Waals surface area contributed by atoms with Crippen LogP contribution in [0.4, 0.5) is 5.82 Å². The Morgan fingerprint density at radius 2 is 1.95 bits per heavy atom. The van der Waals surface area contributed by atoms with E-state index in [1.807, 2.05) is 6.92 Å². The summed E-state index contributed by atoms with van der Waals surface area (Å²) in [5.41, 5.74) is 2.95. The Morgan fingerprint density at radius 1 is 1.24 bits per heavy atom. The third-order valence-corrected chi connectivity index (χ3v) is 5.36. The first-order valence-electron chi connectivity index (χ1n) is 7.18. The number of fused-ring (bicyclic) bond motifs is 1. The lowest BCUT2D eigenvalue weighted by Crippen LogP contribution is -2.33. The van der Waals surface area contributed by atoms with E-state index in [9.17, 15) is 0 Å². The second-order valence-electron chi connectivity index (χ2n) is 5.57. The Kier molecular flexibility index (Phi) is 3.81. The van der Waals surface area contributed by atoms with Crippen LogP contribution in [0.3, 0.4) is 0 Å².